The molecule has 2 rings (SSSR count). The molecule has 4 heteroatoms. The lowest BCUT2D eigenvalue weighted by Crippen LogP contribution is -2.32. The van der Waals surface area contributed by atoms with Crippen LogP contribution in [-0.4, -0.2) is 26.2 Å². The number of methoxy groups -OCH3 is 1. The third-order valence-corrected chi connectivity index (χ3v) is 3.79. The quantitative estimate of drug-likeness (QED) is 0.841. The van der Waals surface area contributed by atoms with E-state index in [9.17, 15) is 4.79 Å². The molecule has 0 unspecified atom stereocenters. The molecule has 0 spiro atoms. The summed E-state index contributed by atoms with van der Waals surface area (Å²) in [5.74, 6) is 1.20. The SMILES string of the molecule is CCOC(=O)C[C@@H]1CCN[C@H](c2ccc(OC)cc2)C1. The second kappa shape index (κ2) is 7.29. The van der Waals surface area contributed by atoms with Gasteiger partial charge < -0.3 is 14.8 Å². The number of hydrogen-bond acceptors (Lipinski definition) is 4. The summed E-state index contributed by atoms with van der Waals surface area (Å²) in [5.41, 5.74) is 1.25. The molecule has 0 radical (unpaired) electrons. The fourth-order valence-corrected chi connectivity index (χ4v) is 2.73. The Balaban J connectivity index is 1.93. The zero-order valence-electron chi connectivity index (χ0n) is 12.2. The smallest absolute Gasteiger partial charge is 0.306 e. The van der Waals surface area contributed by atoms with Gasteiger partial charge in [-0.15, -0.1) is 0 Å². The molecule has 1 fully saturated rings. The molecule has 20 heavy (non-hydrogen) atoms. The highest BCUT2D eigenvalue weighted by atomic mass is 16.5. The van der Waals surface area contributed by atoms with Crippen LogP contribution in [0.2, 0.25) is 0 Å². The van der Waals surface area contributed by atoms with E-state index in [4.69, 9.17) is 9.47 Å². The van der Waals surface area contributed by atoms with Crippen LogP contribution in [0.15, 0.2) is 24.3 Å². The predicted octanol–water partition coefficient (Wildman–Crippen LogP) is 2.69. The van der Waals surface area contributed by atoms with Gasteiger partial charge >= 0.3 is 5.97 Å². The molecule has 0 saturated carbocycles. The minimum atomic E-state index is -0.0760. The van der Waals surface area contributed by atoms with Crippen LogP contribution in [0.5, 0.6) is 5.75 Å². The highest BCUT2D eigenvalue weighted by molar-refractivity contribution is 5.69. The zero-order chi connectivity index (χ0) is 14.4. The molecule has 1 saturated heterocycles. The Morgan fingerprint density at radius 3 is 2.75 bits per heavy atom. The minimum Gasteiger partial charge on any atom is -0.497 e. The molecule has 1 aliphatic heterocycles. The summed E-state index contributed by atoms with van der Waals surface area (Å²) in [4.78, 5) is 11.6. The summed E-state index contributed by atoms with van der Waals surface area (Å²) in [5, 5.41) is 3.52. The minimum absolute atomic E-state index is 0.0760. The number of rotatable bonds is 5. The number of ether oxygens (including phenoxy) is 2. The summed E-state index contributed by atoms with van der Waals surface area (Å²) in [6.45, 7) is 3.26. The number of esters is 1. The second-order valence-corrected chi connectivity index (χ2v) is 5.18. The Morgan fingerprint density at radius 2 is 2.10 bits per heavy atom. The Labute approximate surface area is 120 Å². The van der Waals surface area contributed by atoms with Gasteiger partial charge in [-0.25, -0.2) is 0 Å². The van der Waals surface area contributed by atoms with Crippen molar-refractivity contribution >= 4 is 5.97 Å². The summed E-state index contributed by atoms with van der Waals surface area (Å²) < 4.78 is 10.2. The van der Waals surface area contributed by atoms with Gasteiger partial charge in [-0.3, -0.25) is 4.79 Å². The first-order valence-electron chi connectivity index (χ1n) is 7.26. The number of carbonyl (C=O) groups excluding carboxylic acids is 1. The Morgan fingerprint density at radius 1 is 1.35 bits per heavy atom. The maximum Gasteiger partial charge on any atom is 0.306 e. The zero-order valence-corrected chi connectivity index (χ0v) is 12.2. The average molecular weight is 277 g/mol. The summed E-state index contributed by atoms with van der Waals surface area (Å²) in [7, 11) is 1.67. The number of benzene rings is 1. The molecule has 0 amide bonds. The van der Waals surface area contributed by atoms with Crippen LogP contribution in [-0.2, 0) is 9.53 Å². The molecule has 2 atom stereocenters. The van der Waals surface area contributed by atoms with E-state index < -0.39 is 0 Å². The van der Waals surface area contributed by atoms with E-state index in [1.807, 2.05) is 19.1 Å². The lowest BCUT2D eigenvalue weighted by Gasteiger charge is -2.30. The van der Waals surface area contributed by atoms with Crippen LogP contribution >= 0.6 is 0 Å². The number of carbonyl (C=O) groups is 1. The van der Waals surface area contributed by atoms with Crippen molar-refractivity contribution in [2.75, 3.05) is 20.3 Å². The fraction of sp³-hybridized carbons (Fsp3) is 0.562. The highest BCUT2D eigenvalue weighted by Gasteiger charge is 2.24. The molecule has 110 valence electrons. The van der Waals surface area contributed by atoms with Crippen LogP contribution < -0.4 is 10.1 Å². The van der Waals surface area contributed by atoms with Gasteiger partial charge in [0.1, 0.15) is 5.75 Å². The monoisotopic (exact) mass is 277 g/mol. The highest BCUT2D eigenvalue weighted by Crippen LogP contribution is 2.30. The van der Waals surface area contributed by atoms with E-state index in [0.717, 1.165) is 25.1 Å². The maximum absolute atomic E-state index is 11.6. The first-order chi connectivity index (χ1) is 9.72. The van der Waals surface area contributed by atoms with E-state index >= 15 is 0 Å². The van der Waals surface area contributed by atoms with Crippen molar-refractivity contribution in [2.45, 2.75) is 32.2 Å². The summed E-state index contributed by atoms with van der Waals surface area (Å²) >= 11 is 0. The van der Waals surface area contributed by atoms with Crippen molar-refractivity contribution in [3.63, 3.8) is 0 Å². The second-order valence-electron chi connectivity index (χ2n) is 5.18. The van der Waals surface area contributed by atoms with Gasteiger partial charge in [0.25, 0.3) is 0 Å². The van der Waals surface area contributed by atoms with E-state index in [1.165, 1.54) is 5.56 Å². The molecule has 0 aromatic heterocycles. The average Bonchev–Trinajstić information content (AvgIpc) is 2.48. The molecular formula is C16H23NO3. The van der Waals surface area contributed by atoms with E-state index in [2.05, 4.69) is 17.4 Å². The third kappa shape index (κ3) is 3.97. The lowest BCUT2D eigenvalue weighted by molar-refractivity contribution is -0.144. The first kappa shape index (κ1) is 14.9. The van der Waals surface area contributed by atoms with Crippen molar-refractivity contribution in [3.05, 3.63) is 29.8 Å². The molecule has 0 aliphatic carbocycles. The molecule has 1 heterocycles. The summed E-state index contributed by atoms with van der Waals surface area (Å²) in [6.07, 6.45) is 2.54. The van der Waals surface area contributed by atoms with Crippen molar-refractivity contribution < 1.29 is 14.3 Å². The van der Waals surface area contributed by atoms with Gasteiger partial charge in [0, 0.05) is 12.5 Å². The molecule has 1 aromatic carbocycles. The fourth-order valence-electron chi connectivity index (χ4n) is 2.73. The van der Waals surface area contributed by atoms with Gasteiger partial charge in [0.2, 0.25) is 0 Å². The van der Waals surface area contributed by atoms with Gasteiger partial charge in [0.05, 0.1) is 13.7 Å². The van der Waals surface area contributed by atoms with E-state index in [-0.39, 0.29) is 5.97 Å². The lowest BCUT2D eigenvalue weighted by atomic mass is 9.87. The van der Waals surface area contributed by atoms with Crippen molar-refractivity contribution in [1.82, 2.24) is 5.32 Å². The van der Waals surface area contributed by atoms with Gasteiger partial charge in [-0.1, -0.05) is 12.1 Å². The molecule has 1 aliphatic rings. The van der Waals surface area contributed by atoms with Gasteiger partial charge in [-0.2, -0.15) is 0 Å². The van der Waals surface area contributed by atoms with Crippen LogP contribution in [0, 0.1) is 5.92 Å². The van der Waals surface area contributed by atoms with E-state index in [0.29, 0.717) is 25.0 Å². The maximum atomic E-state index is 11.6. The molecule has 0 bridgehead atoms. The van der Waals surface area contributed by atoms with Crippen LogP contribution in [0.1, 0.15) is 37.8 Å². The Bertz CT molecular complexity index is 430. The van der Waals surface area contributed by atoms with Crippen LogP contribution in [0.3, 0.4) is 0 Å². The number of piperidine rings is 1. The van der Waals surface area contributed by atoms with Crippen molar-refractivity contribution in [3.8, 4) is 5.75 Å². The molecule has 1 aromatic rings. The molecule has 4 nitrogen and oxygen atoms in total. The van der Waals surface area contributed by atoms with Crippen molar-refractivity contribution in [1.29, 1.82) is 0 Å². The standard InChI is InChI=1S/C16H23NO3/c1-3-20-16(18)11-12-8-9-17-15(10-12)13-4-6-14(19-2)7-5-13/h4-7,12,15,17H,3,8-11H2,1-2H3/t12-,15+/m1/s1. The van der Waals surface area contributed by atoms with Gasteiger partial charge in [0.15, 0.2) is 0 Å². The van der Waals surface area contributed by atoms with Gasteiger partial charge in [-0.05, 0) is 49.9 Å². The molecule has 1 N–H and O–H groups in total. The van der Waals surface area contributed by atoms with E-state index in [1.54, 1.807) is 7.11 Å². The molecular weight excluding hydrogens is 254 g/mol. The third-order valence-electron chi connectivity index (χ3n) is 3.79. The topological polar surface area (TPSA) is 47.6 Å². The van der Waals surface area contributed by atoms with Crippen molar-refractivity contribution in [2.24, 2.45) is 5.92 Å². The Hall–Kier alpha value is -1.55. The normalized spacial score (nSPS) is 22.3. The number of hydrogen-bond donors (Lipinski definition) is 1. The first-order valence-corrected chi connectivity index (χ1v) is 7.26. The Kier molecular flexibility index (Phi) is 5.41. The van der Waals surface area contributed by atoms with Crippen LogP contribution in [0.25, 0.3) is 0 Å². The predicted molar refractivity (Wildman–Crippen MR) is 77.7 cm³/mol. The summed E-state index contributed by atoms with van der Waals surface area (Å²) in [6, 6.07) is 8.44. The largest absolute Gasteiger partial charge is 0.497 e. The van der Waals surface area contributed by atoms with Crippen LogP contribution in [0.4, 0.5) is 0 Å². The number of nitrogens with one attached hydrogen (secondary N) is 1.